The minimum Gasteiger partial charge on any atom is -0.465 e. The summed E-state index contributed by atoms with van der Waals surface area (Å²) in [6.07, 6.45) is 2.44. The van der Waals surface area contributed by atoms with Crippen LogP contribution in [-0.4, -0.2) is 32.6 Å². The molecule has 5 rings (SSSR count). The molecule has 0 radical (unpaired) electrons. The van der Waals surface area contributed by atoms with Gasteiger partial charge >= 0.3 is 5.97 Å². The van der Waals surface area contributed by atoms with E-state index in [4.69, 9.17) is 16.3 Å². The van der Waals surface area contributed by atoms with E-state index in [1.165, 1.54) is 37.6 Å². The highest BCUT2D eigenvalue weighted by molar-refractivity contribution is 6.33. The summed E-state index contributed by atoms with van der Waals surface area (Å²) in [6, 6.07) is 8.66. The molecule has 0 bridgehead atoms. The van der Waals surface area contributed by atoms with E-state index in [0.717, 1.165) is 6.20 Å². The lowest BCUT2D eigenvalue weighted by molar-refractivity contribution is 0.0603. The zero-order chi connectivity index (χ0) is 24.1. The number of esters is 1. The Morgan fingerprint density at radius 2 is 1.88 bits per heavy atom. The first kappa shape index (κ1) is 21.8. The fourth-order valence-electron chi connectivity index (χ4n) is 4.01. The van der Waals surface area contributed by atoms with Crippen molar-refractivity contribution < 1.29 is 22.7 Å². The van der Waals surface area contributed by atoms with Crippen LogP contribution in [0.1, 0.15) is 16.2 Å². The van der Waals surface area contributed by atoms with E-state index in [1.54, 1.807) is 23.6 Å². The normalized spacial score (nSPS) is 11.4. The van der Waals surface area contributed by atoms with Crippen LogP contribution >= 0.6 is 11.6 Å². The minimum absolute atomic E-state index is 0.0362. The summed E-state index contributed by atoms with van der Waals surface area (Å²) in [4.78, 5) is 24.5. The highest BCUT2D eigenvalue weighted by Crippen LogP contribution is 2.36. The molecule has 3 heterocycles. The van der Waals surface area contributed by atoms with Crippen LogP contribution in [0, 0.1) is 24.5 Å². The molecule has 0 aliphatic carbocycles. The number of imidazole rings is 1. The van der Waals surface area contributed by atoms with Gasteiger partial charge in [0, 0.05) is 23.3 Å². The largest absolute Gasteiger partial charge is 0.465 e. The van der Waals surface area contributed by atoms with Crippen molar-refractivity contribution in [2.24, 2.45) is 0 Å². The van der Waals surface area contributed by atoms with E-state index in [2.05, 4.69) is 15.0 Å². The number of fused-ring (bicyclic) bond motifs is 2. The quantitative estimate of drug-likeness (QED) is 0.240. The molecular formula is C24H14ClF3N4O2. The van der Waals surface area contributed by atoms with Crippen LogP contribution in [0.5, 0.6) is 0 Å². The lowest BCUT2D eigenvalue weighted by atomic mass is 10.0. The molecule has 0 saturated carbocycles. The third-order valence-corrected chi connectivity index (χ3v) is 5.77. The maximum absolute atomic E-state index is 14.6. The van der Waals surface area contributed by atoms with Crippen LogP contribution in [0.2, 0.25) is 5.02 Å². The van der Waals surface area contributed by atoms with Gasteiger partial charge in [-0.25, -0.2) is 23.5 Å². The summed E-state index contributed by atoms with van der Waals surface area (Å²) in [5.41, 5.74) is 1.19. The summed E-state index contributed by atoms with van der Waals surface area (Å²) in [7, 11) is 1.20. The standard InChI is InChI=1S/C24H14ClF3N4O2/c1-11-31-21-15(24(33)34-2)8-12(13-6-7-29-23(28)19(13)27)9-18(21)32(11)22-14-4-3-5-17(26)20(14)30-10-16(22)25/h3-10H,1-2H3. The number of methoxy groups -OCH3 is 1. The third-order valence-electron chi connectivity index (χ3n) is 5.49. The van der Waals surface area contributed by atoms with E-state index in [0.29, 0.717) is 22.4 Å². The second kappa shape index (κ2) is 8.11. The van der Waals surface area contributed by atoms with E-state index < -0.39 is 23.6 Å². The van der Waals surface area contributed by atoms with Crippen molar-refractivity contribution in [3.8, 4) is 16.8 Å². The van der Waals surface area contributed by atoms with Crippen LogP contribution in [0.15, 0.2) is 48.8 Å². The maximum Gasteiger partial charge on any atom is 0.340 e. The predicted octanol–water partition coefficient (Wildman–Crippen LogP) is 5.80. The molecular weight excluding hydrogens is 469 g/mol. The second-order valence-electron chi connectivity index (χ2n) is 7.43. The molecule has 0 aliphatic rings. The van der Waals surface area contributed by atoms with Crippen LogP contribution < -0.4 is 0 Å². The number of hydrogen-bond donors (Lipinski definition) is 0. The van der Waals surface area contributed by atoms with Crippen LogP contribution in [0.25, 0.3) is 38.8 Å². The van der Waals surface area contributed by atoms with Gasteiger partial charge < -0.3 is 4.74 Å². The number of rotatable bonds is 3. The molecule has 10 heteroatoms. The highest BCUT2D eigenvalue weighted by Gasteiger charge is 2.23. The number of hydrogen-bond acceptors (Lipinski definition) is 5. The zero-order valence-corrected chi connectivity index (χ0v) is 18.5. The molecule has 3 aromatic heterocycles. The Balaban J connectivity index is 1.92. The summed E-state index contributed by atoms with van der Waals surface area (Å²) in [6.45, 7) is 1.68. The Hall–Kier alpha value is -3.98. The molecule has 0 spiro atoms. The first-order chi connectivity index (χ1) is 16.3. The molecule has 0 N–H and O–H groups in total. The summed E-state index contributed by atoms with van der Waals surface area (Å²) in [5.74, 6) is -3.29. The summed E-state index contributed by atoms with van der Waals surface area (Å²) >= 11 is 6.51. The van der Waals surface area contributed by atoms with Crippen LogP contribution in [0.4, 0.5) is 13.2 Å². The topological polar surface area (TPSA) is 69.9 Å². The number of carbonyl (C=O) groups is 1. The number of aryl methyl sites for hydroxylation is 1. The van der Waals surface area contributed by atoms with Crippen molar-refractivity contribution in [1.82, 2.24) is 19.5 Å². The van der Waals surface area contributed by atoms with Gasteiger partial charge in [0.25, 0.3) is 0 Å². The average molecular weight is 483 g/mol. The van der Waals surface area contributed by atoms with Crippen molar-refractivity contribution in [1.29, 1.82) is 0 Å². The van der Waals surface area contributed by atoms with Gasteiger partial charge in [0.2, 0.25) is 5.95 Å². The first-order valence-electron chi connectivity index (χ1n) is 9.96. The van der Waals surface area contributed by atoms with Gasteiger partial charge in [-0.15, -0.1) is 0 Å². The van der Waals surface area contributed by atoms with Crippen molar-refractivity contribution >= 4 is 39.5 Å². The number of benzene rings is 2. The molecule has 2 aromatic carbocycles. The van der Waals surface area contributed by atoms with Crippen molar-refractivity contribution in [3.63, 3.8) is 0 Å². The number of nitrogens with zero attached hydrogens (tertiary/aromatic N) is 4. The molecule has 0 atom stereocenters. The molecule has 0 fully saturated rings. The lowest BCUT2D eigenvalue weighted by Crippen LogP contribution is -2.04. The van der Waals surface area contributed by atoms with Crippen molar-refractivity contribution in [2.45, 2.75) is 6.92 Å². The zero-order valence-electron chi connectivity index (χ0n) is 17.7. The molecule has 170 valence electrons. The molecule has 0 amide bonds. The maximum atomic E-state index is 14.6. The molecule has 6 nitrogen and oxygen atoms in total. The minimum atomic E-state index is -1.28. The fourth-order valence-corrected chi connectivity index (χ4v) is 4.25. The molecule has 0 aliphatic heterocycles. The van der Waals surface area contributed by atoms with E-state index in [1.807, 2.05) is 0 Å². The first-order valence-corrected chi connectivity index (χ1v) is 10.3. The Kier molecular flexibility index (Phi) is 5.21. The van der Waals surface area contributed by atoms with Gasteiger partial charge in [-0.3, -0.25) is 9.55 Å². The number of pyridine rings is 2. The van der Waals surface area contributed by atoms with Crippen LogP contribution in [0.3, 0.4) is 0 Å². The number of carbonyl (C=O) groups excluding carboxylic acids is 1. The van der Waals surface area contributed by atoms with Gasteiger partial charge in [-0.05, 0) is 36.8 Å². The van der Waals surface area contributed by atoms with Gasteiger partial charge in [0.15, 0.2) is 5.82 Å². The second-order valence-corrected chi connectivity index (χ2v) is 7.84. The lowest BCUT2D eigenvalue weighted by Gasteiger charge is -2.14. The molecule has 0 saturated heterocycles. The van der Waals surface area contributed by atoms with E-state index in [9.17, 15) is 18.0 Å². The molecule has 34 heavy (non-hydrogen) atoms. The average Bonchev–Trinajstić information content (AvgIpc) is 3.15. The van der Waals surface area contributed by atoms with Gasteiger partial charge in [-0.2, -0.15) is 4.39 Å². The highest BCUT2D eigenvalue weighted by atomic mass is 35.5. The SMILES string of the molecule is COC(=O)c1cc(-c2ccnc(F)c2F)cc2c1nc(C)n2-c1c(Cl)cnc2c(F)cccc12. The molecule has 0 unspecified atom stereocenters. The van der Waals surface area contributed by atoms with Gasteiger partial charge in [0.05, 0.1) is 28.9 Å². The van der Waals surface area contributed by atoms with Gasteiger partial charge in [-0.1, -0.05) is 23.7 Å². The van der Waals surface area contributed by atoms with Crippen molar-refractivity contribution in [3.05, 3.63) is 82.8 Å². The summed E-state index contributed by atoms with van der Waals surface area (Å²) < 4.78 is 49.4. The summed E-state index contributed by atoms with van der Waals surface area (Å²) in [5, 5.41) is 0.604. The number of ether oxygens (including phenoxy) is 1. The van der Waals surface area contributed by atoms with Gasteiger partial charge in [0.1, 0.15) is 22.7 Å². The predicted molar refractivity (Wildman–Crippen MR) is 121 cm³/mol. The monoisotopic (exact) mass is 482 g/mol. The number of para-hydroxylation sites is 1. The smallest absolute Gasteiger partial charge is 0.340 e. The number of halogens is 4. The van der Waals surface area contributed by atoms with Crippen molar-refractivity contribution in [2.75, 3.05) is 7.11 Å². The van der Waals surface area contributed by atoms with E-state index in [-0.39, 0.29) is 32.7 Å². The Labute approximate surface area is 195 Å². The van der Waals surface area contributed by atoms with Crippen LogP contribution in [-0.2, 0) is 4.74 Å². The fraction of sp³-hybridized carbons (Fsp3) is 0.0833. The molecule has 5 aromatic rings. The third kappa shape index (κ3) is 3.28. The Morgan fingerprint density at radius 1 is 1.09 bits per heavy atom. The number of aromatic nitrogens is 4. The Morgan fingerprint density at radius 3 is 2.65 bits per heavy atom. The Bertz CT molecular complexity index is 1630. The van der Waals surface area contributed by atoms with E-state index >= 15 is 0 Å².